The van der Waals surface area contributed by atoms with Gasteiger partial charge in [0.2, 0.25) is 0 Å². The van der Waals surface area contributed by atoms with Crippen LogP contribution in [-0.4, -0.2) is 17.6 Å². The molecule has 0 aliphatic carbocycles. The number of ether oxygens (including phenoxy) is 1. The number of nitriles is 1. The van der Waals surface area contributed by atoms with E-state index >= 15 is 0 Å². The van der Waals surface area contributed by atoms with Gasteiger partial charge in [-0.15, -0.1) is 0 Å². The van der Waals surface area contributed by atoms with Gasteiger partial charge in [0.05, 0.1) is 17.7 Å². The van der Waals surface area contributed by atoms with Crippen LogP contribution in [0.4, 0.5) is 14.6 Å². The number of pyridine rings is 1. The number of alkyl halides is 2. The monoisotopic (exact) mass is 241 g/mol. The second-order valence-corrected chi connectivity index (χ2v) is 2.98. The van der Waals surface area contributed by atoms with Gasteiger partial charge in [-0.05, 0) is 6.92 Å². The SMILES string of the molecule is CCOC(=O)c1c(N)ncc(C#N)c1C(F)F. The topological polar surface area (TPSA) is 89.0 Å². The van der Waals surface area contributed by atoms with Gasteiger partial charge in [-0.1, -0.05) is 0 Å². The van der Waals surface area contributed by atoms with Crippen molar-refractivity contribution in [3.8, 4) is 6.07 Å². The van der Waals surface area contributed by atoms with Crippen LogP contribution >= 0.6 is 0 Å². The molecule has 0 spiro atoms. The number of carbonyl (C=O) groups is 1. The Kier molecular flexibility index (Phi) is 3.93. The number of nitrogens with two attached hydrogens (primary N) is 1. The zero-order valence-corrected chi connectivity index (χ0v) is 8.91. The number of carbonyl (C=O) groups excluding carboxylic acids is 1. The van der Waals surface area contributed by atoms with Crippen molar-refractivity contribution in [2.24, 2.45) is 0 Å². The van der Waals surface area contributed by atoms with Gasteiger partial charge in [-0.2, -0.15) is 5.26 Å². The molecule has 0 saturated heterocycles. The summed E-state index contributed by atoms with van der Waals surface area (Å²) in [6.07, 6.45) is -2.10. The van der Waals surface area contributed by atoms with E-state index in [-0.39, 0.29) is 12.4 Å². The highest BCUT2D eigenvalue weighted by atomic mass is 19.3. The number of rotatable bonds is 3. The second-order valence-electron chi connectivity index (χ2n) is 2.98. The molecule has 0 aliphatic heterocycles. The predicted molar refractivity (Wildman–Crippen MR) is 54.3 cm³/mol. The van der Waals surface area contributed by atoms with Crippen molar-refractivity contribution in [2.75, 3.05) is 12.3 Å². The molecule has 2 N–H and O–H groups in total. The number of halogens is 2. The van der Waals surface area contributed by atoms with Crippen molar-refractivity contribution < 1.29 is 18.3 Å². The van der Waals surface area contributed by atoms with Gasteiger partial charge in [0.1, 0.15) is 17.5 Å². The Labute approximate surface area is 95.8 Å². The Morgan fingerprint density at radius 3 is 2.82 bits per heavy atom. The molecular weight excluding hydrogens is 232 g/mol. The molecular formula is C10H9F2N3O2. The predicted octanol–water partition coefficient (Wildman–Crippen LogP) is 1.65. The molecule has 90 valence electrons. The first-order valence-electron chi connectivity index (χ1n) is 4.66. The fourth-order valence-electron chi connectivity index (χ4n) is 1.27. The average Bonchev–Trinajstić information content (AvgIpc) is 2.28. The molecule has 0 bridgehead atoms. The van der Waals surface area contributed by atoms with Crippen molar-refractivity contribution in [2.45, 2.75) is 13.3 Å². The molecule has 0 aliphatic rings. The summed E-state index contributed by atoms with van der Waals surface area (Å²) in [5, 5.41) is 8.68. The highest BCUT2D eigenvalue weighted by Crippen LogP contribution is 2.29. The minimum absolute atomic E-state index is 0.0116. The van der Waals surface area contributed by atoms with E-state index in [0.717, 1.165) is 6.20 Å². The first-order chi connectivity index (χ1) is 8.02. The van der Waals surface area contributed by atoms with Gasteiger partial charge < -0.3 is 10.5 Å². The number of anilines is 1. The van der Waals surface area contributed by atoms with Crippen molar-refractivity contribution in [3.63, 3.8) is 0 Å². The molecule has 5 nitrogen and oxygen atoms in total. The molecule has 0 saturated carbocycles. The highest BCUT2D eigenvalue weighted by molar-refractivity contribution is 5.96. The fourth-order valence-corrected chi connectivity index (χ4v) is 1.27. The van der Waals surface area contributed by atoms with Gasteiger partial charge in [0, 0.05) is 6.20 Å². The molecule has 17 heavy (non-hydrogen) atoms. The van der Waals surface area contributed by atoms with Gasteiger partial charge in [0.25, 0.3) is 6.43 Å². The van der Waals surface area contributed by atoms with Crippen LogP contribution in [0, 0.1) is 11.3 Å². The Hall–Kier alpha value is -2.23. The van der Waals surface area contributed by atoms with Crippen LogP contribution in [0.5, 0.6) is 0 Å². The van der Waals surface area contributed by atoms with E-state index < -0.39 is 29.1 Å². The van der Waals surface area contributed by atoms with E-state index in [0.29, 0.717) is 0 Å². The van der Waals surface area contributed by atoms with E-state index in [9.17, 15) is 13.6 Å². The van der Waals surface area contributed by atoms with Crippen LogP contribution in [0.3, 0.4) is 0 Å². The smallest absolute Gasteiger partial charge is 0.342 e. The maximum atomic E-state index is 12.8. The Bertz CT molecular complexity index is 483. The second kappa shape index (κ2) is 5.21. The summed E-state index contributed by atoms with van der Waals surface area (Å²) in [7, 11) is 0. The van der Waals surface area contributed by atoms with Crippen molar-refractivity contribution >= 4 is 11.8 Å². The summed E-state index contributed by atoms with van der Waals surface area (Å²) in [5.41, 5.74) is 3.69. The lowest BCUT2D eigenvalue weighted by Crippen LogP contribution is -2.14. The molecule has 1 aromatic rings. The summed E-state index contributed by atoms with van der Waals surface area (Å²) in [6.45, 7) is 1.54. The van der Waals surface area contributed by atoms with Crippen LogP contribution in [0.2, 0.25) is 0 Å². The van der Waals surface area contributed by atoms with Crippen molar-refractivity contribution in [1.29, 1.82) is 5.26 Å². The first-order valence-corrected chi connectivity index (χ1v) is 4.66. The number of nitrogen functional groups attached to an aromatic ring is 1. The highest BCUT2D eigenvalue weighted by Gasteiger charge is 2.26. The quantitative estimate of drug-likeness (QED) is 0.812. The lowest BCUT2D eigenvalue weighted by Gasteiger charge is -2.11. The van der Waals surface area contributed by atoms with E-state index in [4.69, 9.17) is 11.0 Å². The number of esters is 1. The summed E-state index contributed by atoms with van der Waals surface area (Å²) >= 11 is 0. The largest absolute Gasteiger partial charge is 0.462 e. The van der Waals surface area contributed by atoms with Crippen molar-refractivity contribution in [1.82, 2.24) is 4.98 Å². The zero-order valence-electron chi connectivity index (χ0n) is 8.91. The average molecular weight is 241 g/mol. The van der Waals surface area contributed by atoms with E-state index in [2.05, 4.69) is 9.72 Å². The summed E-state index contributed by atoms with van der Waals surface area (Å²) < 4.78 is 30.2. The maximum absolute atomic E-state index is 12.8. The molecule has 1 rings (SSSR count). The minimum atomic E-state index is -3.01. The van der Waals surface area contributed by atoms with Crippen LogP contribution < -0.4 is 5.73 Å². The molecule has 0 fully saturated rings. The molecule has 7 heteroatoms. The minimum Gasteiger partial charge on any atom is -0.462 e. The standard InChI is InChI=1S/C10H9F2N3O2/c1-2-17-10(16)7-6(8(11)12)5(3-13)4-15-9(7)14/h4,8H,2H2,1H3,(H2,14,15). The number of hydrogen-bond acceptors (Lipinski definition) is 5. The molecule has 0 radical (unpaired) electrons. The van der Waals surface area contributed by atoms with Gasteiger partial charge in [-0.3, -0.25) is 0 Å². The lowest BCUT2D eigenvalue weighted by atomic mass is 10.0. The first kappa shape index (κ1) is 12.8. The third-order valence-corrected chi connectivity index (χ3v) is 1.97. The molecule has 0 unspecified atom stereocenters. The van der Waals surface area contributed by atoms with Crippen molar-refractivity contribution in [3.05, 3.63) is 22.9 Å². The summed E-state index contributed by atoms with van der Waals surface area (Å²) in [4.78, 5) is 15.0. The maximum Gasteiger partial charge on any atom is 0.342 e. The number of hydrogen-bond donors (Lipinski definition) is 1. The van der Waals surface area contributed by atoms with Crippen LogP contribution in [-0.2, 0) is 4.74 Å². The fraction of sp³-hybridized carbons (Fsp3) is 0.300. The van der Waals surface area contributed by atoms with Crippen LogP contribution in [0.1, 0.15) is 34.8 Å². The number of aromatic nitrogens is 1. The Morgan fingerprint density at radius 2 is 2.35 bits per heavy atom. The van der Waals surface area contributed by atoms with Gasteiger partial charge in [-0.25, -0.2) is 18.6 Å². The lowest BCUT2D eigenvalue weighted by molar-refractivity contribution is 0.0516. The third kappa shape index (κ3) is 2.47. The zero-order chi connectivity index (χ0) is 13.0. The number of nitrogens with zero attached hydrogens (tertiary/aromatic N) is 2. The Morgan fingerprint density at radius 1 is 1.71 bits per heavy atom. The van der Waals surface area contributed by atoms with Crippen LogP contribution in [0.25, 0.3) is 0 Å². The van der Waals surface area contributed by atoms with Crippen LogP contribution in [0.15, 0.2) is 6.20 Å². The van der Waals surface area contributed by atoms with E-state index in [1.807, 2.05) is 0 Å². The van der Waals surface area contributed by atoms with Gasteiger partial charge >= 0.3 is 5.97 Å². The summed E-state index contributed by atoms with van der Waals surface area (Å²) in [5.74, 6) is -1.39. The van der Waals surface area contributed by atoms with E-state index in [1.54, 1.807) is 0 Å². The Balaban J connectivity index is 3.45. The molecule has 0 amide bonds. The third-order valence-electron chi connectivity index (χ3n) is 1.97. The molecule has 1 aromatic heterocycles. The normalized spacial score (nSPS) is 10.1. The molecule has 0 atom stereocenters. The van der Waals surface area contributed by atoms with E-state index in [1.165, 1.54) is 13.0 Å². The molecule has 0 aromatic carbocycles. The molecule has 1 heterocycles. The summed E-state index contributed by atoms with van der Waals surface area (Å²) in [6, 6.07) is 1.54. The van der Waals surface area contributed by atoms with Gasteiger partial charge in [0.15, 0.2) is 0 Å².